The SMILES string of the molecule is Cc1ccc(S(=O)(=O)N(NC(=O)OC(C)(C)C)C(C)C#Cc2cnccn2)cc1. The summed E-state index contributed by atoms with van der Waals surface area (Å²) in [4.78, 5) is 20.2. The van der Waals surface area contributed by atoms with Crippen molar-refractivity contribution in [2.45, 2.75) is 51.2 Å². The zero-order chi connectivity index (χ0) is 21.7. The largest absolute Gasteiger partial charge is 0.443 e. The summed E-state index contributed by atoms with van der Waals surface area (Å²) in [6.45, 7) is 8.45. The van der Waals surface area contributed by atoms with Gasteiger partial charge in [-0.3, -0.25) is 4.98 Å². The van der Waals surface area contributed by atoms with E-state index in [1.54, 1.807) is 39.8 Å². The maximum atomic E-state index is 13.2. The Kier molecular flexibility index (Phi) is 6.95. The van der Waals surface area contributed by atoms with Crippen molar-refractivity contribution in [1.82, 2.24) is 19.8 Å². The lowest BCUT2D eigenvalue weighted by molar-refractivity contribution is 0.0415. The van der Waals surface area contributed by atoms with Gasteiger partial charge in [0.2, 0.25) is 0 Å². The highest BCUT2D eigenvalue weighted by Gasteiger charge is 2.31. The second-order valence-corrected chi connectivity index (χ2v) is 9.08. The quantitative estimate of drug-likeness (QED) is 0.607. The molecule has 1 N–H and O–H groups in total. The number of hydrogen-bond donors (Lipinski definition) is 1. The molecule has 0 saturated carbocycles. The van der Waals surface area contributed by atoms with E-state index in [1.165, 1.54) is 30.7 Å². The van der Waals surface area contributed by atoms with Gasteiger partial charge < -0.3 is 4.74 Å². The van der Waals surface area contributed by atoms with E-state index in [2.05, 4.69) is 27.2 Å². The summed E-state index contributed by atoms with van der Waals surface area (Å²) in [5, 5.41) is 0. The van der Waals surface area contributed by atoms with Gasteiger partial charge in [0.05, 0.1) is 11.1 Å². The van der Waals surface area contributed by atoms with Gasteiger partial charge in [0, 0.05) is 12.4 Å². The number of hydrogen-bond acceptors (Lipinski definition) is 6. The Morgan fingerprint density at radius 1 is 1.21 bits per heavy atom. The molecule has 154 valence electrons. The lowest BCUT2D eigenvalue weighted by atomic mass is 10.2. The predicted octanol–water partition coefficient (Wildman–Crippen LogP) is 2.66. The Hall–Kier alpha value is -2.96. The summed E-state index contributed by atoms with van der Waals surface area (Å²) in [5.74, 6) is 5.54. The van der Waals surface area contributed by atoms with Crippen LogP contribution in [0.15, 0.2) is 47.8 Å². The molecule has 1 aromatic carbocycles. The molecule has 0 aliphatic carbocycles. The Morgan fingerprint density at radius 2 is 1.86 bits per heavy atom. The Labute approximate surface area is 171 Å². The molecule has 2 aromatic rings. The number of rotatable bonds is 4. The van der Waals surface area contributed by atoms with Crippen molar-refractivity contribution in [2.24, 2.45) is 0 Å². The molecule has 1 unspecified atom stereocenters. The number of aryl methyl sites for hydroxylation is 1. The first-order chi connectivity index (χ1) is 13.5. The van der Waals surface area contributed by atoms with Gasteiger partial charge in [-0.15, -0.1) is 0 Å². The fraction of sp³-hybridized carbons (Fsp3) is 0.350. The number of amides is 1. The third-order valence-corrected chi connectivity index (χ3v) is 5.30. The molecule has 0 aliphatic heterocycles. The number of nitrogens with zero attached hydrogens (tertiary/aromatic N) is 3. The van der Waals surface area contributed by atoms with Gasteiger partial charge in [-0.25, -0.2) is 23.6 Å². The van der Waals surface area contributed by atoms with Crippen LogP contribution in [0.25, 0.3) is 0 Å². The van der Waals surface area contributed by atoms with Gasteiger partial charge in [0.1, 0.15) is 17.3 Å². The number of carbonyl (C=O) groups excluding carboxylic acids is 1. The molecule has 1 heterocycles. The van der Waals surface area contributed by atoms with Crippen molar-refractivity contribution in [3.05, 3.63) is 54.1 Å². The van der Waals surface area contributed by atoms with Crippen molar-refractivity contribution in [3.63, 3.8) is 0 Å². The average molecular weight is 417 g/mol. The molecule has 0 aliphatic rings. The zero-order valence-corrected chi connectivity index (χ0v) is 17.8. The van der Waals surface area contributed by atoms with E-state index < -0.39 is 27.8 Å². The zero-order valence-electron chi connectivity index (χ0n) is 17.0. The second kappa shape index (κ2) is 9.03. The van der Waals surface area contributed by atoms with Crippen LogP contribution in [0.2, 0.25) is 0 Å². The molecule has 8 nitrogen and oxygen atoms in total. The Bertz CT molecular complexity index is 1000. The van der Waals surface area contributed by atoms with E-state index in [1.807, 2.05) is 6.92 Å². The van der Waals surface area contributed by atoms with E-state index in [0.717, 1.165) is 9.98 Å². The topological polar surface area (TPSA) is 101 Å². The van der Waals surface area contributed by atoms with Crippen LogP contribution in [-0.2, 0) is 14.8 Å². The van der Waals surface area contributed by atoms with E-state index in [9.17, 15) is 13.2 Å². The number of benzene rings is 1. The third kappa shape index (κ3) is 6.55. The van der Waals surface area contributed by atoms with Crippen LogP contribution in [0.3, 0.4) is 0 Å². The molecule has 9 heteroatoms. The van der Waals surface area contributed by atoms with Crippen LogP contribution in [0.5, 0.6) is 0 Å². The first-order valence-electron chi connectivity index (χ1n) is 8.87. The minimum Gasteiger partial charge on any atom is -0.443 e. The van der Waals surface area contributed by atoms with Gasteiger partial charge >= 0.3 is 6.09 Å². The number of carbonyl (C=O) groups is 1. The summed E-state index contributed by atoms with van der Waals surface area (Å²) >= 11 is 0. The van der Waals surface area contributed by atoms with Crippen molar-refractivity contribution in [1.29, 1.82) is 0 Å². The molecule has 0 radical (unpaired) electrons. The van der Waals surface area contributed by atoms with Crippen molar-refractivity contribution < 1.29 is 17.9 Å². The van der Waals surface area contributed by atoms with Crippen LogP contribution in [0.4, 0.5) is 4.79 Å². The number of nitrogens with one attached hydrogen (secondary N) is 1. The van der Waals surface area contributed by atoms with Crippen LogP contribution in [0, 0.1) is 18.8 Å². The maximum Gasteiger partial charge on any atom is 0.423 e. The van der Waals surface area contributed by atoms with Crippen LogP contribution < -0.4 is 5.43 Å². The highest BCUT2D eigenvalue weighted by molar-refractivity contribution is 7.89. The van der Waals surface area contributed by atoms with Crippen LogP contribution in [0.1, 0.15) is 39.0 Å². The van der Waals surface area contributed by atoms with Crippen molar-refractivity contribution in [3.8, 4) is 11.8 Å². The van der Waals surface area contributed by atoms with Crippen LogP contribution in [-0.4, -0.2) is 40.5 Å². The summed E-state index contributed by atoms with van der Waals surface area (Å²) in [6.07, 6.45) is 3.54. The van der Waals surface area contributed by atoms with Gasteiger partial charge in [0.15, 0.2) is 0 Å². The number of ether oxygens (including phenoxy) is 1. The van der Waals surface area contributed by atoms with Gasteiger partial charge in [-0.1, -0.05) is 28.0 Å². The lowest BCUT2D eigenvalue weighted by Crippen LogP contribution is -2.51. The number of aromatic nitrogens is 2. The van der Waals surface area contributed by atoms with E-state index in [4.69, 9.17) is 4.74 Å². The summed E-state index contributed by atoms with van der Waals surface area (Å²) in [6, 6.07) is 5.38. The second-order valence-electron chi connectivity index (χ2n) is 7.26. The fourth-order valence-electron chi connectivity index (χ4n) is 2.18. The van der Waals surface area contributed by atoms with E-state index >= 15 is 0 Å². The first-order valence-corrected chi connectivity index (χ1v) is 10.3. The maximum absolute atomic E-state index is 13.2. The predicted molar refractivity (Wildman–Crippen MR) is 108 cm³/mol. The normalized spacial score (nSPS) is 12.6. The Balaban J connectivity index is 2.38. The highest BCUT2D eigenvalue weighted by Crippen LogP contribution is 2.18. The summed E-state index contributed by atoms with van der Waals surface area (Å²) in [5.41, 5.74) is 2.80. The standard InChI is InChI=1S/C20H24N4O4S/c1-15-6-10-18(11-7-15)29(26,27)24(23-19(25)28-20(3,4)5)16(2)8-9-17-14-21-12-13-22-17/h6-7,10-14,16H,1-5H3,(H,23,25). The third-order valence-electron chi connectivity index (χ3n) is 3.50. The fourth-order valence-corrected chi connectivity index (χ4v) is 3.55. The summed E-state index contributed by atoms with van der Waals surface area (Å²) < 4.78 is 32.3. The molecule has 29 heavy (non-hydrogen) atoms. The molecule has 1 amide bonds. The lowest BCUT2D eigenvalue weighted by Gasteiger charge is -2.27. The molecule has 0 bridgehead atoms. The summed E-state index contributed by atoms with van der Waals surface area (Å²) in [7, 11) is -4.09. The Morgan fingerprint density at radius 3 is 2.41 bits per heavy atom. The number of hydrazine groups is 1. The van der Waals surface area contributed by atoms with Gasteiger partial charge in [0.25, 0.3) is 10.0 Å². The highest BCUT2D eigenvalue weighted by atomic mass is 32.2. The van der Waals surface area contributed by atoms with Gasteiger partial charge in [-0.2, -0.15) is 0 Å². The molecular formula is C20H24N4O4S. The monoisotopic (exact) mass is 416 g/mol. The molecule has 0 fully saturated rings. The molecule has 2 rings (SSSR count). The average Bonchev–Trinajstić information content (AvgIpc) is 2.64. The van der Waals surface area contributed by atoms with E-state index in [0.29, 0.717) is 5.69 Å². The molecule has 0 spiro atoms. The number of sulfonamides is 1. The van der Waals surface area contributed by atoms with Crippen molar-refractivity contribution >= 4 is 16.1 Å². The van der Waals surface area contributed by atoms with E-state index in [-0.39, 0.29) is 4.90 Å². The molecule has 0 saturated heterocycles. The first kappa shape index (κ1) is 22.3. The smallest absolute Gasteiger partial charge is 0.423 e. The molecular weight excluding hydrogens is 392 g/mol. The minimum absolute atomic E-state index is 0.0207. The van der Waals surface area contributed by atoms with Crippen molar-refractivity contribution in [2.75, 3.05) is 0 Å². The minimum atomic E-state index is -4.09. The van der Waals surface area contributed by atoms with Gasteiger partial charge in [-0.05, 0) is 52.7 Å². The molecule has 1 atom stereocenters. The van der Waals surface area contributed by atoms with Crippen LogP contribution >= 0.6 is 0 Å². The molecule has 1 aromatic heterocycles.